The monoisotopic (exact) mass is 754 g/mol. The Morgan fingerprint density at radius 1 is 0.679 bits per heavy atom. The number of allylic oxidation sites excluding steroid dienone is 2. The third kappa shape index (κ3) is 5.89. The van der Waals surface area contributed by atoms with Crippen LogP contribution in [0.4, 0.5) is 32.0 Å². The van der Waals surface area contributed by atoms with Gasteiger partial charge in [0.2, 0.25) is 0 Å². The number of methoxy groups -OCH3 is 1. The number of benzene rings is 4. The first-order valence-electron chi connectivity index (χ1n) is 15.8. The fourth-order valence-corrected chi connectivity index (χ4v) is 8.56. The maximum Gasteiger partial charge on any atom is 0.380 e. The molecule has 264 valence electrons. The second-order valence-electron chi connectivity index (χ2n) is 12.1. The Bertz CT molecular complexity index is 2280. The molecular formula is C41H24F6N2O2S2. The molecule has 0 atom stereocenters. The average Bonchev–Trinajstić information content (AvgIpc) is 3.84. The average molecular weight is 755 g/mol. The highest BCUT2D eigenvalue weighted by Gasteiger charge is 2.80. The highest BCUT2D eigenvalue weighted by atomic mass is 32.1. The van der Waals surface area contributed by atoms with E-state index in [1.165, 1.54) is 67.8 Å². The number of hydrogen-bond donors (Lipinski definition) is 1. The van der Waals surface area contributed by atoms with E-state index >= 15 is 26.3 Å². The molecule has 6 aromatic rings. The van der Waals surface area contributed by atoms with Crippen LogP contribution >= 0.6 is 22.7 Å². The van der Waals surface area contributed by atoms with Gasteiger partial charge in [0.25, 0.3) is 0 Å². The van der Waals surface area contributed by atoms with Crippen molar-refractivity contribution < 1.29 is 36.2 Å². The SMILES string of the molecule is [C-]#[N+]c1ccc(-c2sc(-c3ccc(OC)cc3)cc2C2=C(c3cc(-c4ccc(CO)cc4)sc3-c3ccc(C#N)cc3)C(F)(F)C(F)(F)C2(F)F)cc1. The van der Waals surface area contributed by atoms with Crippen molar-refractivity contribution >= 4 is 39.5 Å². The molecule has 12 heteroatoms. The summed E-state index contributed by atoms with van der Waals surface area (Å²) < 4.78 is 103. The lowest BCUT2D eigenvalue weighted by molar-refractivity contribution is -0.254. The molecule has 0 radical (unpaired) electrons. The summed E-state index contributed by atoms with van der Waals surface area (Å²) in [7, 11) is 1.46. The lowest BCUT2D eigenvalue weighted by Crippen LogP contribution is -2.48. The van der Waals surface area contributed by atoms with Crippen molar-refractivity contribution in [1.82, 2.24) is 0 Å². The Balaban J connectivity index is 1.56. The van der Waals surface area contributed by atoms with Crippen molar-refractivity contribution in [1.29, 1.82) is 5.26 Å². The van der Waals surface area contributed by atoms with Gasteiger partial charge in [0.05, 0.1) is 31.9 Å². The van der Waals surface area contributed by atoms with Crippen molar-refractivity contribution in [3.63, 3.8) is 0 Å². The van der Waals surface area contributed by atoms with Gasteiger partial charge in [-0.1, -0.05) is 60.7 Å². The van der Waals surface area contributed by atoms with E-state index in [4.69, 9.17) is 11.3 Å². The highest BCUT2D eigenvalue weighted by Crippen LogP contribution is 2.67. The van der Waals surface area contributed by atoms with Crippen LogP contribution in [0, 0.1) is 17.9 Å². The molecule has 2 aromatic heterocycles. The molecule has 0 spiro atoms. The summed E-state index contributed by atoms with van der Waals surface area (Å²) in [4.78, 5) is 4.07. The molecule has 0 unspecified atom stereocenters. The summed E-state index contributed by atoms with van der Waals surface area (Å²) >= 11 is 1.91. The zero-order chi connectivity index (χ0) is 37.7. The van der Waals surface area contributed by atoms with Crippen molar-refractivity contribution in [2.75, 3.05) is 7.11 Å². The number of aliphatic hydroxyl groups excluding tert-OH is 1. The summed E-state index contributed by atoms with van der Waals surface area (Å²) in [6.45, 7) is 7.06. The van der Waals surface area contributed by atoms with Gasteiger partial charge in [-0.15, -0.1) is 22.7 Å². The number of ether oxygens (including phenoxy) is 1. The molecule has 0 bridgehead atoms. The minimum atomic E-state index is -5.83. The van der Waals surface area contributed by atoms with E-state index in [1.807, 2.05) is 6.07 Å². The summed E-state index contributed by atoms with van der Waals surface area (Å²) in [6, 6.07) is 28.9. The minimum Gasteiger partial charge on any atom is -0.497 e. The normalized spacial score (nSPS) is 15.6. The van der Waals surface area contributed by atoms with Gasteiger partial charge < -0.3 is 9.84 Å². The summed E-state index contributed by atoms with van der Waals surface area (Å²) in [5.74, 6) is -16.0. The van der Waals surface area contributed by atoms with Crippen molar-refractivity contribution in [2.45, 2.75) is 24.4 Å². The van der Waals surface area contributed by atoms with Crippen LogP contribution in [0.1, 0.15) is 22.3 Å². The van der Waals surface area contributed by atoms with Crippen LogP contribution in [0.25, 0.3) is 57.8 Å². The first kappa shape index (κ1) is 35.7. The van der Waals surface area contributed by atoms with Crippen molar-refractivity contribution in [3.8, 4) is 53.6 Å². The summed E-state index contributed by atoms with van der Waals surface area (Å²) in [5, 5.41) is 18.9. The fourth-order valence-electron chi connectivity index (χ4n) is 6.21. The fraction of sp³-hybridized carbons (Fsp3) is 0.122. The van der Waals surface area contributed by atoms with E-state index in [1.54, 1.807) is 48.5 Å². The van der Waals surface area contributed by atoms with Crippen LogP contribution in [-0.2, 0) is 6.61 Å². The Morgan fingerprint density at radius 3 is 1.53 bits per heavy atom. The molecule has 0 fully saturated rings. The quantitative estimate of drug-likeness (QED) is 0.124. The van der Waals surface area contributed by atoms with Crippen LogP contribution in [0.2, 0.25) is 0 Å². The van der Waals surface area contributed by atoms with Gasteiger partial charge in [-0.05, 0) is 76.3 Å². The van der Waals surface area contributed by atoms with E-state index < -0.39 is 40.0 Å². The third-order valence-corrected chi connectivity index (χ3v) is 11.5. The molecule has 0 saturated heterocycles. The van der Waals surface area contributed by atoms with Gasteiger partial charge in [-0.25, -0.2) is 4.85 Å². The Morgan fingerprint density at radius 2 is 1.11 bits per heavy atom. The van der Waals surface area contributed by atoms with Gasteiger partial charge in [0.15, 0.2) is 5.69 Å². The lowest BCUT2D eigenvalue weighted by Gasteiger charge is -2.26. The second kappa shape index (κ2) is 13.4. The van der Waals surface area contributed by atoms with E-state index in [0.29, 0.717) is 32.2 Å². The largest absolute Gasteiger partial charge is 0.497 e. The van der Waals surface area contributed by atoms with Crippen LogP contribution < -0.4 is 4.74 Å². The molecule has 0 amide bonds. The standard InChI is InChI=1S/C41H24F6N2O2S2/c1-49-29-15-11-28(12-16-29)38-32(20-34(53-38)26-13-17-30(51-2)18-14-26)36-35(39(42,43)41(46,47)40(36,44)45)31-19-33(25-7-5-24(22-50)6-8-25)52-37(31)27-9-3-23(21-48)4-10-27/h3-20,50H,22H2,2H3. The van der Waals surface area contributed by atoms with Crippen molar-refractivity contribution in [2.24, 2.45) is 0 Å². The smallest absolute Gasteiger partial charge is 0.380 e. The number of halogens is 6. The topological polar surface area (TPSA) is 57.6 Å². The lowest BCUT2D eigenvalue weighted by atomic mass is 9.91. The van der Waals surface area contributed by atoms with Crippen LogP contribution in [0.15, 0.2) is 109 Å². The number of nitrogens with zero attached hydrogens (tertiary/aromatic N) is 2. The zero-order valence-electron chi connectivity index (χ0n) is 27.4. The van der Waals surface area contributed by atoms with Crippen molar-refractivity contribution in [3.05, 3.63) is 143 Å². The molecule has 1 N–H and O–H groups in total. The van der Waals surface area contributed by atoms with Gasteiger partial charge in [0.1, 0.15) is 5.75 Å². The molecule has 2 heterocycles. The van der Waals surface area contributed by atoms with Crippen LogP contribution in [-0.4, -0.2) is 30.0 Å². The van der Waals surface area contributed by atoms with E-state index in [9.17, 15) is 10.4 Å². The maximum atomic E-state index is 16.5. The number of hydrogen-bond acceptors (Lipinski definition) is 5. The number of alkyl halides is 6. The summed E-state index contributed by atoms with van der Waals surface area (Å²) in [5.41, 5.74) is -1.50. The number of rotatable bonds is 8. The predicted octanol–water partition coefficient (Wildman–Crippen LogP) is 12.2. The summed E-state index contributed by atoms with van der Waals surface area (Å²) in [6.07, 6.45) is 0. The van der Waals surface area contributed by atoms with Crippen LogP contribution in [0.3, 0.4) is 0 Å². The van der Waals surface area contributed by atoms with Gasteiger partial charge >= 0.3 is 17.8 Å². The molecule has 53 heavy (non-hydrogen) atoms. The molecule has 0 aliphatic heterocycles. The van der Waals surface area contributed by atoms with Gasteiger partial charge in [-0.3, -0.25) is 0 Å². The highest BCUT2D eigenvalue weighted by molar-refractivity contribution is 7.19. The van der Waals surface area contributed by atoms with Gasteiger partial charge in [0, 0.05) is 41.8 Å². The predicted molar refractivity (Wildman–Crippen MR) is 195 cm³/mol. The zero-order valence-corrected chi connectivity index (χ0v) is 29.1. The molecule has 4 aromatic carbocycles. The molecular weight excluding hydrogens is 731 g/mol. The second-order valence-corrected chi connectivity index (χ2v) is 14.2. The molecule has 1 aliphatic carbocycles. The number of aliphatic hydroxyl groups is 1. The third-order valence-electron chi connectivity index (χ3n) is 9.00. The molecule has 0 saturated carbocycles. The minimum absolute atomic E-state index is 0.0185. The maximum absolute atomic E-state index is 16.5. The molecule has 7 rings (SSSR count). The van der Waals surface area contributed by atoms with E-state index in [-0.39, 0.29) is 38.7 Å². The van der Waals surface area contributed by atoms with Gasteiger partial charge in [-0.2, -0.15) is 31.6 Å². The Hall–Kier alpha value is -5.66. The van der Waals surface area contributed by atoms with Crippen LogP contribution in [0.5, 0.6) is 5.75 Å². The molecule has 1 aliphatic rings. The number of thiophene rings is 2. The van der Waals surface area contributed by atoms with E-state index in [2.05, 4.69) is 4.85 Å². The Kier molecular flexibility index (Phi) is 9.03. The number of nitriles is 1. The molecule has 4 nitrogen and oxygen atoms in total. The Labute approximate surface area is 307 Å². The first-order valence-corrected chi connectivity index (χ1v) is 17.5. The first-order chi connectivity index (χ1) is 25.3. The van der Waals surface area contributed by atoms with E-state index in [0.717, 1.165) is 22.7 Å².